The van der Waals surface area contributed by atoms with Crippen molar-refractivity contribution in [2.45, 2.75) is 19.9 Å². The van der Waals surface area contributed by atoms with E-state index in [0.717, 1.165) is 17.0 Å². The van der Waals surface area contributed by atoms with E-state index in [9.17, 15) is 0 Å². The number of aromatic nitrogens is 2. The highest BCUT2D eigenvalue weighted by molar-refractivity contribution is 5.31. The van der Waals surface area contributed by atoms with Crippen molar-refractivity contribution in [3.63, 3.8) is 0 Å². The van der Waals surface area contributed by atoms with Gasteiger partial charge in [-0.1, -0.05) is 12.1 Å². The van der Waals surface area contributed by atoms with E-state index in [4.69, 9.17) is 10.5 Å². The first-order chi connectivity index (χ1) is 8.15. The summed E-state index contributed by atoms with van der Waals surface area (Å²) in [5, 5.41) is 0. The van der Waals surface area contributed by atoms with Gasteiger partial charge < -0.3 is 10.5 Å². The molecule has 0 saturated carbocycles. The lowest BCUT2D eigenvalue weighted by atomic mass is 10.1. The molecule has 0 aliphatic rings. The van der Waals surface area contributed by atoms with Crippen molar-refractivity contribution in [3.05, 3.63) is 47.9 Å². The Morgan fingerprint density at radius 3 is 2.47 bits per heavy atom. The van der Waals surface area contributed by atoms with Crippen LogP contribution in [0.2, 0.25) is 0 Å². The van der Waals surface area contributed by atoms with Gasteiger partial charge in [0.25, 0.3) is 0 Å². The van der Waals surface area contributed by atoms with Crippen LogP contribution in [0.25, 0.3) is 0 Å². The number of nitrogens with zero attached hydrogens (tertiary/aromatic N) is 2. The van der Waals surface area contributed by atoms with Crippen LogP contribution in [0.1, 0.15) is 24.2 Å². The van der Waals surface area contributed by atoms with Gasteiger partial charge in [0.1, 0.15) is 12.1 Å². The van der Waals surface area contributed by atoms with Crippen molar-refractivity contribution in [1.82, 2.24) is 9.97 Å². The monoisotopic (exact) mass is 229 g/mol. The number of rotatable bonds is 3. The third-order valence-corrected chi connectivity index (χ3v) is 2.41. The van der Waals surface area contributed by atoms with E-state index in [2.05, 4.69) is 9.97 Å². The standard InChI is InChI=1S/C13H15N3O/c1-9-7-13(16-8-15-9)17-12-5-3-11(4-6-12)10(2)14/h3-8,10H,14H2,1-2H3. The second-order valence-electron chi connectivity index (χ2n) is 3.96. The molecule has 0 aliphatic carbocycles. The molecule has 0 saturated heterocycles. The quantitative estimate of drug-likeness (QED) is 0.878. The lowest BCUT2D eigenvalue weighted by Crippen LogP contribution is -2.04. The SMILES string of the molecule is Cc1cc(Oc2ccc(C(C)N)cc2)ncn1. The number of hydrogen-bond acceptors (Lipinski definition) is 4. The van der Waals surface area contributed by atoms with Crippen LogP contribution in [0.5, 0.6) is 11.6 Å². The highest BCUT2D eigenvalue weighted by atomic mass is 16.5. The predicted molar refractivity (Wildman–Crippen MR) is 65.9 cm³/mol. The van der Waals surface area contributed by atoms with Crippen LogP contribution in [-0.2, 0) is 0 Å². The summed E-state index contributed by atoms with van der Waals surface area (Å²) in [6, 6.07) is 9.50. The van der Waals surface area contributed by atoms with Gasteiger partial charge in [-0.05, 0) is 31.5 Å². The van der Waals surface area contributed by atoms with Gasteiger partial charge in [-0.25, -0.2) is 9.97 Å². The highest BCUT2D eigenvalue weighted by Crippen LogP contribution is 2.21. The maximum atomic E-state index is 5.77. The van der Waals surface area contributed by atoms with E-state index >= 15 is 0 Å². The van der Waals surface area contributed by atoms with Gasteiger partial charge >= 0.3 is 0 Å². The van der Waals surface area contributed by atoms with Crippen molar-refractivity contribution in [1.29, 1.82) is 0 Å². The fourth-order valence-electron chi connectivity index (χ4n) is 1.45. The van der Waals surface area contributed by atoms with Crippen LogP contribution in [0.4, 0.5) is 0 Å². The van der Waals surface area contributed by atoms with Crippen LogP contribution < -0.4 is 10.5 Å². The van der Waals surface area contributed by atoms with Gasteiger partial charge in [0.15, 0.2) is 0 Å². The smallest absolute Gasteiger partial charge is 0.222 e. The zero-order chi connectivity index (χ0) is 12.3. The van der Waals surface area contributed by atoms with E-state index < -0.39 is 0 Å². The van der Waals surface area contributed by atoms with Gasteiger partial charge in [-0.15, -0.1) is 0 Å². The Bertz CT molecular complexity index is 494. The molecule has 1 unspecified atom stereocenters. The van der Waals surface area contributed by atoms with Gasteiger partial charge in [0.05, 0.1) is 0 Å². The molecule has 17 heavy (non-hydrogen) atoms. The van der Waals surface area contributed by atoms with Crippen molar-refractivity contribution in [3.8, 4) is 11.6 Å². The topological polar surface area (TPSA) is 61.0 Å². The summed E-state index contributed by atoms with van der Waals surface area (Å²) in [5.41, 5.74) is 7.73. The van der Waals surface area contributed by atoms with Gasteiger partial charge in [-0.3, -0.25) is 0 Å². The Morgan fingerprint density at radius 2 is 1.88 bits per heavy atom. The van der Waals surface area contributed by atoms with Crippen LogP contribution in [0.15, 0.2) is 36.7 Å². The van der Waals surface area contributed by atoms with E-state index in [1.165, 1.54) is 6.33 Å². The first kappa shape index (κ1) is 11.5. The summed E-state index contributed by atoms with van der Waals surface area (Å²) >= 11 is 0. The minimum absolute atomic E-state index is 0.0327. The van der Waals surface area contributed by atoms with Gasteiger partial charge in [-0.2, -0.15) is 0 Å². The third-order valence-electron chi connectivity index (χ3n) is 2.41. The second-order valence-corrected chi connectivity index (χ2v) is 3.96. The zero-order valence-electron chi connectivity index (χ0n) is 9.92. The van der Waals surface area contributed by atoms with E-state index in [-0.39, 0.29) is 6.04 Å². The molecule has 1 aromatic carbocycles. The first-order valence-electron chi connectivity index (χ1n) is 5.47. The summed E-state index contributed by atoms with van der Waals surface area (Å²) in [5.74, 6) is 1.29. The van der Waals surface area contributed by atoms with Crippen molar-refractivity contribution < 1.29 is 4.74 Å². The number of hydrogen-bond donors (Lipinski definition) is 1. The lowest BCUT2D eigenvalue weighted by Gasteiger charge is -2.08. The van der Waals surface area contributed by atoms with Crippen molar-refractivity contribution in [2.24, 2.45) is 5.73 Å². The van der Waals surface area contributed by atoms with Crippen LogP contribution in [0.3, 0.4) is 0 Å². The molecule has 0 bridgehead atoms. The molecule has 0 fully saturated rings. The van der Waals surface area contributed by atoms with Gasteiger partial charge in [0, 0.05) is 17.8 Å². The third kappa shape index (κ3) is 3.01. The number of ether oxygens (including phenoxy) is 1. The average molecular weight is 229 g/mol. The highest BCUT2D eigenvalue weighted by Gasteiger charge is 2.02. The van der Waals surface area contributed by atoms with Crippen molar-refractivity contribution >= 4 is 0 Å². The molecule has 2 N–H and O–H groups in total. The molecule has 1 atom stereocenters. The molecule has 0 amide bonds. The molecule has 0 radical (unpaired) electrons. The molecule has 0 spiro atoms. The summed E-state index contributed by atoms with van der Waals surface area (Å²) in [6.07, 6.45) is 1.49. The summed E-state index contributed by atoms with van der Waals surface area (Å²) in [6.45, 7) is 3.84. The molecule has 1 heterocycles. The maximum absolute atomic E-state index is 5.77. The fraction of sp³-hybridized carbons (Fsp3) is 0.231. The summed E-state index contributed by atoms with van der Waals surface area (Å²) in [4.78, 5) is 8.05. The second kappa shape index (κ2) is 4.93. The number of aryl methyl sites for hydroxylation is 1. The molecule has 2 aromatic rings. The Labute approximate surface area is 100 Å². The largest absolute Gasteiger partial charge is 0.439 e. The lowest BCUT2D eigenvalue weighted by molar-refractivity contribution is 0.460. The van der Waals surface area contributed by atoms with Crippen molar-refractivity contribution in [2.75, 3.05) is 0 Å². The molecule has 88 valence electrons. The van der Waals surface area contributed by atoms with E-state index in [1.54, 1.807) is 6.07 Å². The first-order valence-corrected chi connectivity index (χ1v) is 5.47. The number of nitrogens with two attached hydrogens (primary N) is 1. The normalized spacial score (nSPS) is 12.2. The molecule has 1 aromatic heterocycles. The van der Waals surface area contributed by atoms with Gasteiger partial charge in [0.2, 0.25) is 5.88 Å². The maximum Gasteiger partial charge on any atom is 0.222 e. The molecular weight excluding hydrogens is 214 g/mol. The predicted octanol–water partition coefficient (Wildman–Crippen LogP) is 2.60. The van der Waals surface area contributed by atoms with Crippen LogP contribution >= 0.6 is 0 Å². The molecular formula is C13H15N3O. The Balaban J connectivity index is 2.14. The Hall–Kier alpha value is -1.94. The van der Waals surface area contributed by atoms with E-state index in [1.807, 2.05) is 38.1 Å². The molecule has 4 heteroatoms. The zero-order valence-corrected chi connectivity index (χ0v) is 9.92. The van der Waals surface area contributed by atoms with Crippen LogP contribution in [-0.4, -0.2) is 9.97 Å². The minimum Gasteiger partial charge on any atom is -0.439 e. The summed E-state index contributed by atoms with van der Waals surface area (Å²) in [7, 11) is 0. The Kier molecular flexibility index (Phi) is 3.35. The molecule has 2 rings (SSSR count). The molecule has 0 aliphatic heterocycles. The Morgan fingerprint density at radius 1 is 1.18 bits per heavy atom. The fourth-order valence-corrected chi connectivity index (χ4v) is 1.45. The minimum atomic E-state index is 0.0327. The van der Waals surface area contributed by atoms with E-state index in [0.29, 0.717) is 5.88 Å². The number of benzene rings is 1. The molecule has 4 nitrogen and oxygen atoms in total. The van der Waals surface area contributed by atoms with Crippen LogP contribution in [0, 0.1) is 6.92 Å². The summed E-state index contributed by atoms with van der Waals surface area (Å²) < 4.78 is 5.60. The average Bonchev–Trinajstić information content (AvgIpc) is 2.29.